The number of carbonyl (C=O) groups is 2. The first-order valence-corrected chi connectivity index (χ1v) is 10.8. The van der Waals surface area contributed by atoms with Crippen molar-refractivity contribution in [2.24, 2.45) is 0 Å². The van der Waals surface area contributed by atoms with Gasteiger partial charge in [0.05, 0.1) is 36.6 Å². The molecule has 150 valence electrons. The molecule has 0 saturated carbocycles. The van der Waals surface area contributed by atoms with Crippen LogP contribution in [0.2, 0.25) is 0 Å². The number of nitrogens with zero attached hydrogens (tertiary/aromatic N) is 1. The fourth-order valence-corrected chi connectivity index (χ4v) is 4.37. The van der Waals surface area contributed by atoms with Gasteiger partial charge >= 0.3 is 0 Å². The predicted molar refractivity (Wildman–Crippen MR) is 109 cm³/mol. The van der Waals surface area contributed by atoms with Crippen LogP contribution in [0.1, 0.15) is 17.3 Å². The maximum atomic E-state index is 13.0. The number of rotatable bonds is 9. The number of hydrogen-bond acceptors (Lipinski definition) is 7. The largest absolute Gasteiger partial charge is 0.497 e. The summed E-state index contributed by atoms with van der Waals surface area (Å²) in [6.07, 6.45) is 0. The Morgan fingerprint density at radius 1 is 1.07 bits per heavy atom. The smallest absolute Gasteiger partial charge is 0.264 e. The Bertz CT molecular complexity index is 924. The molecule has 2 aromatic carbocycles. The van der Waals surface area contributed by atoms with Crippen LogP contribution in [-0.4, -0.2) is 50.4 Å². The van der Waals surface area contributed by atoms with Crippen molar-refractivity contribution in [1.29, 1.82) is 0 Å². The summed E-state index contributed by atoms with van der Waals surface area (Å²) in [7, 11) is -2.43. The third kappa shape index (κ3) is 5.34. The van der Waals surface area contributed by atoms with Crippen LogP contribution in [-0.2, 0) is 14.8 Å². The highest BCUT2D eigenvalue weighted by Crippen LogP contribution is 2.25. The highest BCUT2D eigenvalue weighted by atomic mass is 32.2. The molecule has 0 bridgehead atoms. The molecule has 0 unspecified atom stereocenters. The Kier molecular flexibility index (Phi) is 7.61. The first kappa shape index (κ1) is 21.9. The number of methoxy groups -OCH3 is 1. The van der Waals surface area contributed by atoms with E-state index in [0.29, 0.717) is 17.0 Å². The molecule has 1 N–H and O–H groups in total. The van der Waals surface area contributed by atoms with E-state index in [2.05, 4.69) is 0 Å². The van der Waals surface area contributed by atoms with E-state index in [9.17, 15) is 23.1 Å². The third-order valence-electron chi connectivity index (χ3n) is 3.83. The van der Waals surface area contributed by atoms with E-state index in [1.807, 2.05) is 0 Å². The van der Waals surface area contributed by atoms with Gasteiger partial charge in [-0.05, 0) is 48.5 Å². The quantitative estimate of drug-likeness (QED) is 0.618. The van der Waals surface area contributed by atoms with Gasteiger partial charge in [0, 0.05) is 12.5 Å². The Morgan fingerprint density at radius 2 is 1.68 bits per heavy atom. The number of benzene rings is 2. The Morgan fingerprint density at radius 3 is 2.18 bits per heavy atom. The number of hydrogen-bond donors (Lipinski definition) is 1. The Hall–Kier alpha value is -2.36. The molecule has 0 radical (unpaired) electrons. The van der Waals surface area contributed by atoms with Crippen LogP contribution in [0.4, 0.5) is 5.69 Å². The highest BCUT2D eigenvalue weighted by Gasteiger charge is 2.25. The number of carbonyl (C=O) groups excluding carboxylic acids is 2. The van der Waals surface area contributed by atoms with Gasteiger partial charge in [0.15, 0.2) is 10.9 Å². The third-order valence-corrected chi connectivity index (χ3v) is 6.49. The first-order valence-electron chi connectivity index (χ1n) is 8.34. The van der Waals surface area contributed by atoms with Gasteiger partial charge in [-0.2, -0.15) is 0 Å². The number of ether oxygens (including phenoxy) is 1. The van der Waals surface area contributed by atoms with Crippen molar-refractivity contribution in [1.82, 2.24) is 0 Å². The summed E-state index contributed by atoms with van der Waals surface area (Å²) in [4.78, 5) is 23.1. The lowest BCUT2D eigenvalue weighted by atomic mass is 10.1. The minimum Gasteiger partial charge on any atom is -0.497 e. The van der Waals surface area contributed by atoms with Crippen molar-refractivity contribution < 1.29 is 27.9 Å². The fraction of sp³-hybridized carbons (Fsp3) is 0.263. The Balaban J connectivity index is 2.29. The van der Waals surface area contributed by atoms with E-state index in [1.165, 1.54) is 50.4 Å². The second-order valence-electron chi connectivity index (χ2n) is 5.73. The monoisotopic (exact) mass is 423 g/mol. The van der Waals surface area contributed by atoms with E-state index in [-0.39, 0.29) is 34.7 Å². The summed E-state index contributed by atoms with van der Waals surface area (Å²) in [5, 5.41) is 9.19. The number of Topliss-reactive ketones (excluding diaryl/α,β-unsaturated/α-hetero) is 1. The van der Waals surface area contributed by atoms with E-state index < -0.39 is 10.0 Å². The number of aliphatic hydroxyl groups is 1. The summed E-state index contributed by atoms with van der Waals surface area (Å²) in [6, 6.07) is 11.9. The van der Waals surface area contributed by atoms with Crippen LogP contribution in [0.3, 0.4) is 0 Å². The second-order valence-corrected chi connectivity index (χ2v) is 8.74. The molecule has 0 aliphatic carbocycles. The summed E-state index contributed by atoms with van der Waals surface area (Å²) in [5.74, 6) is 0.330. The van der Waals surface area contributed by atoms with Crippen LogP contribution in [0, 0.1) is 0 Å². The first-order chi connectivity index (χ1) is 13.3. The van der Waals surface area contributed by atoms with Gasteiger partial charge in [0.1, 0.15) is 5.75 Å². The summed E-state index contributed by atoms with van der Waals surface area (Å²) >= 11 is 0.919. The molecule has 0 aromatic heterocycles. The van der Waals surface area contributed by atoms with Crippen LogP contribution in [0.25, 0.3) is 0 Å². The number of sulfonamides is 1. The Labute approximate surface area is 168 Å². The van der Waals surface area contributed by atoms with E-state index in [0.717, 1.165) is 16.1 Å². The predicted octanol–water partition coefficient (Wildman–Crippen LogP) is 2.35. The zero-order chi connectivity index (χ0) is 20.7. The van der Waals surface area contributed by atoms with Crippen LogP contribution in [0.5, 0.6) is 5.75 Å². The molecule has 7 nitrogen and oxygen atoms in total. The van der Waals surface area contributed by atoms with Gasteiger partial charge in [-0.1, -0.05) is 11.8 Å². The van der Waals surface area contributed by atoms with Gasteiger partial charge in [-0.15, -0.1) is 0 Å². The number of aliphatic hydroxyl groups excluding tert-OH is 1. The number of ketones is 1. The molecule has 0 heterocycles. The molecule has 0 spiro atoms. The molecule has 28 heavy (non-hydrogen) atoms. The average Bonchev–Trinajstić information content (AvgIpc) is 2.70. The van der Waals surface area contributed by atoms with Gasteiger partial charge in [0.2, 0.25) is 0 Å². The topological polar surface area (TPSA) is 101 Å². The molecule has 0 aliphatic heterocycles. The van der Waals surface area contributed by atoms with Gasteiger partial charge < -0.3 is 9.84 Å². The standard InChI is InChI=1S/C19H21NO6S2/c1-14(22)27-13-19(23)15-3-5-16(6-4-15)20(11-12-21)28(24,25)18-9-7-17(26-2)8-10-18/h3-10,21H,11-13H2,1-2H3. The number of thioether (sulfide) groups is 1. The molecule has 0 fully saturated rings. The molecule has 2 aromatic rings. The van der Waals surface area contributed by atoms with Gasteiger partial charge in [0.25, 0.3) is 10.0 Å². The highest BCUT2D eigenvalue weighted by molar-refractivity contribution is 8.14. The summed E-state index contributed by atoms with van der Waals surface area (Å²) in [5.41, 5.74) is 0.698. The molecular weight excluding hydrogens is 402 g/mol. The minimum atomic E-state index is -3.91. The SMILES string of the molecule is COc1ccc(S(=O)(=O)N(CCO)c2ccc(C(=O)CSC(C)=O)cc2)cc1. The molecule has 2 rings (SSSR count). The van der Waals surface area contributed by atoms with Crippen molar-refractivity contribution in [3.8, 4) is 5.75 Å². The van der Waals surface area contributed by atoms with Crippen molar-refractivity contribution in [2.45, 2.75) is 11.8 Å². The summed E-state index contributed by atoms with van der Waals surface area (Å²) in [6.45, 7) is 0.880. The lowest BCUT2D eigenvalue weighted by molar-refractivity contribution is -0.109. The second kappa shape index (κ2) is 9.72. The fourth-order valence-electron chi connectivity index (χ4n) is 2.42. The van der Waals surface area contributed by atoms with Crippen LogP contribution >= 0.6 is 11.8 Å². The van der Waals surface area contributed by atoms with Gasteiger partial charge in [-0.25, -0.2) is 8.42 Å². The molecule has 0 aliphatic rings. The van der Waals surface area contributed by atoms with Gasteiger partial charge in [-0.3, -0.25) is 13.9 Å². The molecule has 0 saturated heterocycles. The van der Waals surface area contributed by atoms with E-state index in [1.54, 1.807) is 12.1 Å². The lowest BCUT2D eigenvalue weighted by Gasteiger charge is -2.24. The minimum absolute atomic E-state index is 0.0270. The zero-order valence-electron chi connectivity index (χ0n) is 15.5. The van der Waals surface area contributed by atoms with Crippen molar-refractivity contribution >= 4 is 38.4 Å². The van der Waals surface area contributed by atoms with Crippen LogP contribution < -0.4 is 9.04 Å². The average molecular weight is 424 g/mol. The van der Waals surface area contributed by atoms with Crippen molar-refractivity contribution in [2.75, 3.05) is 30.3 Å². The van der Waals surface area contributed by atoms with Crippen molar-refractivity contribution in [3.63, 3.8) is 0 Å². The maximum absolute atomic E-state index is 13.0. The van der Waals surface area contributed by atoms with Crippen LogP contribution in [0.15, 0.2) is 53.4 Å². The summed E-state index contributed by atoms with van der Waals surface area (Å²) < 4.78 is 32.1. The normalized spacial score (nSPS) is 11.1. The molecule has 0 atom stereocenters. The molecular formula is C19H21NO6S2. The maximum Gasteiger partial charge on any atom is 0.264 e. The molecule has 0 amide bonds. The number of anilines is 1. The zero-order valence-corrected chi connectivity index (χ0v) is 17.1. The molecule has 9 heteroatoms. The van der Waals surface area contributed by atoms with Crippen molar-refractivity contribution in [3.05, 3.63) is 54.1 Å². The van der Waals surface area contributed by atoms with E-state index >= 15 is 0 Å². The lowest BCUT2D eigenvalue weighted by Crippen LogP contribution is -2.33. The van der Waals surface area contributed by atoms with E-state index in [4.69, 9.17) is 4.74 Å².